The number of rotatable bonds is 0. The molecule has 2 aromatic rings. The predicted octanol–water partition coefficient (Wildman–Crippen LogP) is 3.58. The molecule has 0 saturated carbocycles. The molecule has 6 heteroatoms. The normalized spacial score (nSPS) is 12.3. The molecule has 0 aliphatic carbocycles. The number of nitrogens with zero attached hydrogens (tertiary/aromatic N) is 2. The van der Waals surface area contributed by atoms with Crippen LogP contribution in [0.5, 0.6) is 0 Å². The van der Waals surface area contributed by atoms with E-state index in [0.717, 1.165) is 4.47 Å². The molecular formula is C9H6BrF3N2. The van der Waals surface area contributed by atoms with Crippen LogP contribution in [-0.4, -0.2) is 9.78 Å². The van der Waals surface area contributed by atoms with Gasteiger partial charge in [-0.15, -0.1) is 13.2 Å². The number of hydrogen-bond acceptors (Lipinski definition) is 1. The van der Waals surface area contributed by atoms with Crippen LogP contribution in [-0.2, 0) is 6.30 Å². The molecule has 0 amide bonds. The van der Waals surface area contributed by atoms with Crippen LogP contribution in [0.25, 0.3) is 10.9 Å². The van der Waals surface area contributed by atoms with E-state index in [1.807, 2.05) is 0 Å². The van der Waals surface area contributed by atoms with Gasteiger partial charge < -0.3 is 0 Å². The van der Waals surface area contributed by atoms with Crippen molar-refractivity contribution in [2.45, 2.75) is 13.2 Å². The van der Waals surface area contributed by atoms with Crippen LogP contribution in [0.1, 0.15) is 5.69 Å². The van der Waals surface area contributed by atoms with Gasteiger partial charge in [0.1, 0.15) is 0 Å². The standard InChI is InChI=1S/C9H6BrF3N2/c1-5-7-4-6(10)2-3-8(7)14-15(5)9(11,12)13/h2-4H,1H3. The molecule has 0 saturated heterocycles. The average Bonchev–Trinajstić information content (AvgIpc) is 2.43. The summed E-state index contributed by atoms with van der Waals surface area (Å²) in [6, 6.07) is 4.84. The lowest BCUT2D eigenvalue weighted by Crippen LogP contribution is -2.19. The number of aromatic nitrogens is 2. The van der Waals surface area contributed by atoms with Crippen molar-refractivity contribution in [2.75, 3.05) is 0 Å². The number of hydrogen-bond donors (Lipinski definition) is 0. The van der Waals surface area contributed by atoms with E-state index in [4.69, 9.17) is 0 Å². The molecule has 1 aromatic heterocycles. The summed E-state index contributed by atoms with van der Waals surface area (Å²) in [6.07, 6.45) is -4.46. The highest BCUT2D eigenvalue weighted by Gasteiger charge is 2.34. The fraction of sp³-hybridized carbons (Fsp3) is 0.222. The number of alkyl halides is 3. The quantitative estimate of drug-likeness (QED) is 0.720. The Hall–Kier alpha value is -1.04. The van der Waals surface area contributed by atoms with Gasteiger partial charge in [0.2, 0.25) is 0 Å². The lowest BCUT2D eigenvalue weighted by molar-refractivity contribution is -0.213. The second kappa shape index (κ2) is 3.23. The van der Waals surface area contributed by atoms with Gasteiger partial charge in [0.25, 0.3) is 0 Å². The van der Waals surface area contributed by atoms with Crippen molar-refractivity contribution in [1.82, 2.24) is 9.78 Å². The molecule has 0 N–H and O–H groups in total. The molecule has 0 aliphatic rings. The summed E-state index contributed by atoms with van der Waals surface area (Å²) in [6.45, 7) is 1.40. The Balaban J connectivity index is 2.76. The van der Waals surface area contributed by atoms with Gasteiger partial charge in [-0.1, -0.05) is 15.9 Å². The summed E-state index contributed by atoms with van der Waals surface area (Å²) in [5, 5.41) is 4.00. The van der Waals surface area contributed by atoms with E-state index in [-0.39, 0.29) is 10.4 Å². The third-order valence-corrected chi connectivity index (χ3v) is 2.61. The first-order valence-electron chi connectivity index (χ1n) is 4.11. The van der Waals surface area contributed by atoms with Crippen molar-refractivity contribution in [3.63, 3.8) is 0 Å². The zero-order valence-electron chi connectivity index (χ0n) is 7.64. The summed E-state index contributed by atoms with van der Waals surface area (Å²) in [4.78, 5) is 0. The maximum absolute atomic E-state index is 12.5. The van der Waals surface area contributed by atoms with Crippen LogP contribution in [0.4, 0.5) is 13.2 Å². The Labute approximate surface area is 91.8 Å². The summed E-state index contributed by atoms with van der Waals surface area (Å²) < 4.78 is 38.3. The van der Waals surface area contributed by atoms with Crippen LogP contribution in [0.3, 0.4) is 0 Å². The highest BCUT2D eigenvalue weighted by atomic mass is 79.9. The molecule has 1 heterocycles. The molecule has 0 unspecified atom stereocenters. The number of halogens is 4. The molecule has 80 valence electrons. The molecule has 15 heavy (non-hydrogen) atoms. The largest absolute Gasteiger partial charge is 0.504 e. The Kier molecular flexibility index (Phi) is 2.26. The average molecular weight is 279 g/mol. The summed E-state index contributed by atoms with van der Waals surface area (Å²) >= 11 is 3.21. The highest BCUT2D eigenvalue weighted by molar-refractivity contribution is 9.10. The lowest BCUT2D eigenvalue weighted by atomic mass is 10.2. The Morgan fingerprint density at radius 3 is 2.60 bits per heavy atom. The minimum atomic E-state index is -4.46. The molecule has 0 spiro atoms. The first-order chi connectivity index (χ1) is 6.89. The highest BCUT2D eigenvalue weighted by Crippen LogP contribution is 2.29. The fourth-order valence-electron chi connectivity index (χ4n) is 1.43. The van der Waals surface area contributed by atoms with Gasteiger partial charge in [0.15, 0.2) is 0 Å². The fourth-order valence-corrected chi connectivity index (χ4v) is 1.79. The third kappa shape index (κ3) is 1.73. The van der Waals surface area contributed by atoms with Crippen molar-refractivity contribution in [2.24, 2.45) is 0 Å². The minimum absolute atomic E-state index is 0.0874. The maximum Gasteiger partial charge on any atom is 0.504 e. The van der Waals surface area contributed by atoms with E-state index in [9.17, 15) is 13.2 Å². The topological polar surface area (TPSA) is 17.8 Å². The zero-order valence-corrected chi connectivity index (χ0v) is 9.22. The van der Waals surface area contributed by atoms with Crippen molar-refractivity contribution in [3.8, 4) is 0 Å². The molecule has 0 bridgehead atoms. The lowest BCUT2D eigenvalue weighted by Gasteiger charge is -2.07. The van der Waals surface area contributed by atoms with Crippen molar-refractivity contribution < 1.29 is 13.2 Å². The van der Waals surface area contributed by atoms with E-state index in [0.29, 0.717) is 10.9 Å². The minimum Gasteiger partial charge on any atom is -0.175 e. The smallest absolute Gasteiger partial charge is 0.175 e. The molecule has 0 radical (unpaired) electrons. The number of fused-ring (bicyclic) bond motifs is 1. The Morgan fingerprint density at radius 1 is 1.33 bits per heavy atom. The second-order valence-electron chi connectivity index (χ2n) is 3.13. The van der Waals surface area contributed by atoms with Crippen molar-refractivity contribution >= 4 is 26.8 Å². The maximum atomic E-state index is 12.5. The van der Waals surface area contributed by atoms with Crippen LogP contribution in [0.15, 0.2) is 22.7 Å². The van der Waals surface area contributed by atoms with Crippen LogP contribution in [0.2, 0.25) is 0 Å². The van der Waals surface area contributed by atoms with Gasteiger partial charge in [-0.2, -0.15) is 9.78 Å². The van der Waals surface area contributed by atoms with Crippen LogP contribution < -0.4 is 0 Å². The first kappa shape index (κ1) is 10.5. The second-order valence-corrected chi connectivity index (χ2v) is 4.04. The molecule has 0 atom stereocenters. The van der Waals surface area contributed by atoms with Crippen molar-refractivity contribution in [1.29, 1.82) is 0 Å². The van der Waals surface area contributed by atoms with Crippen molar-refractivity contribution in [3.05, 3.63) is 28.4 Å². The van der Waals surface area contributed by atoms with Crippen LogP contribution >= 0.6 is 15.9 Å². The van der Waals surface area contributed by atoms with E-state index >= 15 is 0 Å². The molecule has 0 aliphatic heterocycles. The third-order valence-electron chi connectivity index (χ3n) is 2.11. The van der Waals surface area contributed by atoms with E-state index in [1.54, 1.807) is 18.2 Å². The zero-order chi connectivity index (χ0) is 11.2. The summed E-state index contributed by atoms with van der Waals surface area (Å²) in [5.41, 5.74) is 0.437. The predicted molar refractivity (Wildman–Crippen MR) is 53.5 cm³/mol. The molecule has 0 fully saturated rings. The first-order valence-corrected chi connectivity index (χ1v) is 4.91. The molecule has 2 rings (SSSR count). The van der Waals surface area contributed by atoms with Gasteiger partial charge in [-0.25, -0.2) is 0 Å². The Bertz CT molecular complexity index is 516. The van der Waals surface area contributed by atoms with Gasteiger partial charge >= 0.3 is 6.30 Å². The van der Waals surface area contributed by atoms with Gasteiger partial charge in [-0.05, 0) is 25.1 Å². The Morgan fingerprint density at radius 2 is 2.00 bits per heavy atom. The van der Waals surface area contributed by atoms with Gasteiger partial charge in [-0.3, -0.25) is 0 Å². The molecular weight excluding hydrogens is 273 g/mol. The number of aryl methyl sites for hydroxylation is 1. The van der Waals surface area contributed by atoms with Crippen LogP contribution in [0, 0.1) is 6.92 Å². The molecule has 1 aromatic carbocycles. The van der Waals surface area contributed by atoms with Gasteiger partial charge in [0, 0.05) is 9.86 Å². The van der Waals surface area contributed by atoms with E-state index in [1.165, 1.54) is 6.92 Å². The van der Waals surface area contributed by atoms with E-state index < -0.39 is 6.30 Å². The SMILES string of the molecule is Cc1c2cc(Br)ccc2nn1C(F)(F)F. The van der Waals surface area contributed by atoms with Gasteiger partial charge in [0.05, 0.1) is 11.2 Å². The monoisotopic (exact) mass is 278 g/mol. The summed E-state index contributed by atoms with van der Waals surface area (Å²) in [5.74, 6) is 0. The van der Waals surface area contributed by atoms with E-state index in [2.05, 4.69) is 21.0 Å². The number of benzene rings is 1. The molecule has 2 nitrogen and oxygen atoms in total. The summed E-state index contributed by atoms with van der Waals surface area (Å²) in [7, 11) is 0.